The second-order valence-corrected chi connectivity index (χ2v) is 6.64. The van der Waals surface area contributed by atoms with Crippen LogP contribution in [-0.2, 0) is 4.79 Å². The topological polar surface area (TPSA) is 40.5 Å². The van der Waals surface area contributed by atoms with Crippen LogP contribution in [0.25, 0.3) is 0 Å². The number of aliphatic hydroxyl groups excluding tert-OH is 1. The number of likely N-dealkylation sites (N-methyl/N-ethyl adjacent to an activating group) is 1. The summed E-state index contributed by atoms with van der Waals surface area (Å²) in [7, 11) is 1.81. The Morgan fingerprint density at radius 1 is 1.23 bits per heavy atom. The summed E-state index contributed by atoms with van der Waals surface area (Å²) < 4.78 is 0. The Labute approximate surface area is 134 Å². The molecule has 1 N–H and O–H groups in total. The highest BCUT2D eigenvalue weighted by atomic mass is 16.3. The summed E-state index contributed by atoms with van der Waals surface area (Å²) in [6.07, 6.45) is 7.51. The number of rotatable bonds is 6. The predicted octanol–water partition coefficient (Wildman–Crippen LogP) is 3.93. The van der Waals surface area contributed by atoms with Crippen LogP contribution in [0.15, 0.2) is 30.3 Å². The molecule has 1 amide bonds. The largest absolute Gasteiger partial charge is 0.386 e. The molecule has 0 saturated heterocycles. The van der Waals surface area contributed by atoms with Crippen LogP contribution in [0.5, 0.6) is 0 Å². The minimum Gasteiger partial charge on any atom is -0.386 e. The average Bonchev–Trinajstić information content (AvgIpc) is 2.59. The Morgan fingerprint density at radius 3 is 2.50 bits per heavy atom. The van der Waals surface area contributed by atoms with Crippen molar-refractivity contribution in [1.29, 1.82) is 0 Å². The van der Waals surface area contributed by atoms with E-state index in [9.17, 15) is 9.90 Å². The highest BCUT2D eigenvalue weighted by Gasteiger charge is 2.24. The van der Waals surface area contributed by atoms with E-state index in [1.807, 2.05) is 37.3 Å². The van der Waals surface area contributed by atoms with E-state index in [2.05, 4.69) is 0 Å². The Kier molecular flexibility index (Phi) is 6.44. The number of amides is 1. The molecule has 1 aromatic carbocycles. The quantitative estimate of drug-likeness (QED) is 0.865. The number of carbonyl (C=O) groups is 1. The summed E-state index contributed by atoms with van der Waals surface area (Å²) >= 11 is 0. The first-order valence-electron chi connectivity index (χ1n) is 8.58. The van der Waals surface area contributed by atoms with Crippen molar-refractivity contribution in [1.82, 2.24) is 4.90 Å². The molecule has 0 aliphatic heterocycles. The Bertz CT molecular complexity index is 454. The molecule has 122 valence electrons. The van der Waals surface area contributed by atoms with Crippen LogP contribution in [0.2, 0.25) is 0 Å². The molecule has 2 rings (SSSR count). The first-order chi connectivity index (χ1) is 10.6. The van der Waals surface area contributed by atoms with Crippen molar-refractivity contribution in [2.45, 2.75) is 64.0 Å². The fourth-order valence-corrected chi connectivity index (χ4v) is 3.35. The number of hydrogen-bond donors (Lipinski definition) is 1. The molecule has 1 saturated carbocycles. The maximum absolute atomic E-state index is 12.4. The molecule has 0 radical (unpaired) electrons. The van der Waals surface area contributed by atoms with Crippen LogP contribution in [0, 0.1) is 5.92 Å². The lowest BCUT2D eigenvalue weighted by Gasteiger charge is -2.30. The van der Waals surface area contributed by atoms with E-state index in [0.29, 0.717) is 6.42 Å². The van der Waals surface area contributed by atoms with E-state index >= 15 is 0 Å². The van der Waals surface area contributed by atoms with Gasteiger partial charge in [0.1, 0.15) is 0 Å². The van der Waals surface area contributed by atoms with Gasteiger partial charge in [-0.1, -0.05) is 62.4 Å². The van der Waals surface area contributed by atoms with Crippen LogP contribution in [0.1, 0.15) is 63.5 Å². The lowest BCUT2D eigenvalue weighted by molar-refractivity contribution is -0.134. The van der Waals surface area contributed by atoms with E-state index in [4.69, 9.17) is 0 Å². The molecule has 1 aromatic rings. The van der Waals surface area contributed by atoms with Crippen molar-refractivity contribution in [3.05, 3.63) is 35.9 Å². The van der Waals surface area contributed by atoms with Gasteiger partial charge >= 0.3 is 0 Å². The van der Waals surface area contributed by atoms with E-state index in [1.165, 1.54) is 32.1 Å². The average molecular weight is 303 g/mol. The number of hydrogen-bond acceptors (Lipinski definition) is 2. The molecule has 0 aromatic heterocycles. The molecule has 0 bridgehead atoms. The third kappa shape index (κ3) is 4.57. The van der Waals surface area contributed by atoms with Crippen LogP contribution < -0.4 is 0 Å². The highest BCUT2D eigenvalue weighted by molar-refractivity contribution is 5.76. The summed E-state index contributed by atoms with van der Waals surface area (Å²) in [6, 6.07) is 9.36. The van der Waals surface area contributed by atoms with Gasteiger partial charge in [0, 0.05) is 13.5 Å². The molecule has 2 unspecified atom stereocenters. The van der Waals surface area contributed by atoms with E-state index < -0.39 is 6.10 Å². The summed E-state index contributed by atoms with van der Waals surface area (Å²) in [4.78, 5) is 14.1. The van der Waals surface area contributed by atoms with Gasteiger partial charge in [-0.3, -0.25) is 4.79 Å². The van der Waals surface area contributed by atoms with E-state index in [0.717, 1.165) is 17.9 Å². The molecule has 22 heavy (non-hydrogen) atoms. The van der Waals surface area contributed by atoms with Crippen LogP contribution in [0.4, 0.5) is 0 Å². The Balaban J connectivity index is 1.83. The fourth-order valence-electron chi connectivity index (χ4n) is 3.35. The zero-order valence-electron chi connectivity index (χ0n) is 13.9. The molecular weight excluding hydrogens is 274 g/mol. The lowest BCUT2D eigenvalue weighted by Crippen LogP contribution is -2.39. The molecular formula is C19H29NO2. The van der Waals surface area contributed by atoms with Gasteiger partial charge in [0.15, 0.2) is 0 Å². The summed E-state index contributed by atoms with van der Waals surface area (Å²) in [5, 5.41) is 10.4. The third-order valence-electron chi connectivity index (χ3n) is 5.09. The highest BCUT2D eigenvalue weighted by Crippen LogP contribution is 2.28. The SMILES string of the molecule is CC(C(O)c1ccccc1)N(C)C(=O)CCC1CCCCC1. The first-order valence-corrected chi connectivity index (χ1v) is 8.58. The van der Waals surface area contributed by atoms with Crippen LogP contribution in [0.3, 0.4) is 0 Å². The van der Waals surface area contributed by atoms with Crippen molar-refractivity contribution >= 4 is 5.91 Å². The second-order valence-electron chi connectivity index (χ2n) is 6.64. The van der Waals surface area contributed by atoms with Gasteiger partial charge in [-0.2, -0.15) is 0 Å². The minimum absolute atomic E-state index is 0.146. The molecule has 1 fully saturated rings. The number of nitrogens with zero attached hydrogens (tertiary/aromatic N) is 1. The summed E-state index contributed by atoms with van der Waals surface area (Å²) in [5.41, 5.74) is 0.863. The van der Waals surface area contributed by atoms with Crippen molar-refractivity contribution < 1.29 is 9.90 Å². The van der Waals surface area contributed by atoms with E-state index in [1.54, 1.807) is 11.9 Å². The molecule has 0 heterocycles. The van der Waals surface area contributed by atoms with E-state index in [-0.39, 0.29) is 11.9 Å². The maximum atomic E-state index is 12.4. The van der Waals surface area contributed by atoms with Gasteiger partial charge in [-0.05, 0) is 24.8 Å². The number of carbonyl (C=O) groups excluding carboxylic acids is 1. The van der Waals surface area contributed by atoms with Crippen LogP contribution >= 0.6 is 0 Å². The summed E-state index contributed by atoms with van der Waals surface area (Å²) in [5.74, 6) is 0.869. The molecule has 0 spiro atoms. The normalized spacial score (nSPS) is 18.7. The Morgan fingerprint density at radius 2 is 1.86 bits per heavy atom. The smallest absolute Gasteiger partial charge is 0.222 e. The van der Waals surface area contributed by atoms with Gasteiger partial charge < -0.3 is 10.0 Å². The first kappa shape index (κ1) is 17.0. The summed E-state index contributed by atoms with van der Waals surface area (Å²) in [6.45, 7) is 1.91. The molecule has 1 aliphatic rings. The number of aliphatic hydroxyl groups is 1. The molecule has 3 nitrogen and oxygen atoms in total. The van der Waals surface area contributed by atoms with Crippen molar-refractivity contribution in [3.63, 3.8) is 0 Å². The lowest BCUT2D eigenvalue weighted by atomic mass is 9.86. The second kappa shape index (κ2) is 8.33. The predicted molar refractivity (Wildman–Crippen MR) is 89.4 cm³/mol. The number of benzene rings is 1. The standard InChI is InChI=1S/C19H29NO2/c1-15(19(22)17-11-7-4-8-12-17)20(2)18(21)14-13-16-9-5-3-6-10-16/h4,7-8,11-12,15-16,19,22H,3,5-6,9-10,13-14H2,1-2H3. The van der Waals surface area contributed by atoms with Gasteiger partial charge in [-0.25, -0.2) is 0 Å². The van der Waals surface area contributed by atoms with Gasteiger partial charge in [0.05, 0.1) is 12.1 Å². The molecule has 2 atom stereocenters. The third-order valence-corrected chi connectivity index (χ3v) is 5.09. The molecule has 1 aliphatic carbocycles. The van der Waals surface area contributed by atoms with Crippen molar-refractivity contribution in [3.8, 4) is 0 Å². The monoisotopic (exact) mass is 303 g/mol. The minimum atomic E-state index is -0.634. The van der Waals surface area contributed by atoms with Gasteiger partial charge in [0.2, 0.25) is 5.91 Å². The van der Waals surface area contributed by atoms with Crippen molar-refractivity contribution in [2.75, 3.05) is 7.05 Å². The molecule has 3 heteroatoms. The zero-order chi connectivity index (χ0) is 15.9. The Hall–Kier alpha value is -1.35. The van der Waals surface area contributed by atoms with Crippen molar-refractivity contribution in [2.24, 2.45) is 5.92 Å². The van der Waals surface area contributed by atoms with Gasteiger partial charge in [-0.15, -0.1) is 0 Å². The zero-order valence-corrected chi connectivity index (χ0v) is 13.9. The van der Waals surface area contributed by atoms with Crippen LogP contribution in [-0.4, -0.2) is 29.0 Å². The fraction of sp³-hybridized carbons (Fsp3) is 0.632. The van der Waals surface area contributed by atoms with Gasteiger partial charge in [0.25, 0.3) is 0 Å². The maximum Gasteiger partial charge on any atom is 0.222 e.